The van der Waals surface area contributed by atoms with Crippen molar-refractivity contribution < 1.29 is 19.1 Å². The van der Waals surface area contributed by atoms with Crippen LogP contribution in [0.25, 0.3) is 6.08 Å². The van der Waals surface area contributed by atoms with Crippen LogP contribution < -0.4 is 24.9 Å². The fourth-order valence-corrected chi connectivity index (χ4v) is 5.95. The van der Waals surface area contributed by atoms with E-state index in [0.717, 1.165) is 11.1 Å². The second-order valence-corrected chi connectivity index (χ2v) is 11.0. The Labute approximate surface area is 251 Å². The van der Waals surface area contributed by atoms with Crippen LogP contribution in [-0.2, 0) is 14.3 Å². The molecule has 0 fully saturated rings. The third-order valence-electron chi connectivity index (χ3n) is 6.57. The molecule has 2 heterocycles. The highest BCUT2D eigenvalue weighted by Gasteiger charge is 2.34. The second kappa shape index (κ2) is 12.6. The Morgan fingerprint density at radius 1 is 1.07 bits per heavy atom. The quantitative estimate of drug-likeness (QED) is 0.293. The molecule has 0 bridgehead atoms. The number of aryl methyl sites for hydroxylation is 1. The van der Waals surface area contributed by atoms with Gasteiger partial charge in [-0.3, -0.25) is 14.2 Å². The maximum Gasteiger partial charge on any atom is 0.338 e. The largest absolute Gasteiger partial charge is 0.484 e. The molecule has 0 unspecified atom stereocenters. The van der Waals surface area contributed by atoms with Gasteiger partial charge in [-0.05, 0) is 73.9 Å². The lowest BCUT2D eigenvalue weighted by Gasteiger charge is -2.25. The molecule has 0 aliphatic carbocycles. The molecular formula is C32H28ClN3O5S. The lowest BCUT2D eigenvalue weighted by molar-refractivity contribution is -0.139. The van der Waals surface area contributed by atoms with E-state index in [9.17, 15) is 14.4 Å². The SMILES string of the molecule is CCOC(=O)C1=C(C)N=c2s/c(=C\c3ccc(OCC(=O)Nc4cccc(C)c4)cc3)c(=O)n2[C@@H]1c1ccccc1Cl. The Morgan fingerprint density at radius 2 is 1.83 bits per heavy atom. The van der Waals surface area contributed by atoms with Crippen LogP contribution in [0.2, 0.25) is 5.02 Å². The first-order valence-corrected chi connectivity index (χ1v) is 14.5. The summed E-state index contributed by atoms with van der Waals surface area (Å²) in [6, 6.07) is 20.9. The topological polar surface area (TPSA) is 99.0 Å². The van der Waals surface area contributed by atoms with Gasteiger partial charge in [0.1, 0.15) is 11.8 Å². The molecule has 42 heavy (non-hydrogen) atoms. The van der Waals surface area contributed by atoms with E-state index in [1.807, 2.05) is 37.3 Å². The van der Waals surface area contributed by atoms with Gasteiger partial charge in [-0.2, -0.15) is 0 Å². The van der Waals surface area contributed by atoms with Crippen LogP contribution in [0.15, 0.2) is 93.9 Å². The molecule has 10 heteroatoms. The average molecular weight is 602 g/mol. The number of allylic oxidation sites excluding steroid dienone is 1. The number of benzene rings is 3. The number of thiazole rings is 1. The molecule has 1 atom stereocenters. The maximum absolute atomic E-state index is 13.8. The highest BCUT2D eigenvalue weighted by molar-refractivity contribution is 7.07. The van der Waals surface area contributed by atoms with Crippen LogP contribution in [0.4, 0.5) is 5.69 Å². The van der Waals surface area contributed by atoms with Crippen molar-refractivity contribution in [3.63, 3.8) is 0 Å². The van der Waals surface area contributed by atoms with E-state index in [4.69, 9.17) is 21.1 Å². The Bertz CT molecular complexity index is 1870. The number of aromatic nitrogens is 1. The zero-order valence-corrected chi connectivity index (χ0v) is 24.8. The van der Waals surface area contributed by atoms with Crippen molar-refractivity contribution in [2.75, 3.05) is 18.5 Å². The van der Waals surface area contributed by atoms with Crippen molar-refractivity contribution in [2.45, 2.75) is 26.8 Å². The molecule has 1 N–H and O–H groups in total. The molecule has 1 aliphatic heterocycles. The molecule has 0 spiro atoms. The van der Waals surface area contributed by atoms with Crippen molar-refractivity contribution in [2.24, 2.45) is 4.99 Å². The predicted octanol–water partition coefficient (Wildman–Crippen LogP) is 4.78. The van der Waals surface area contributed by atoms with E-state index in [-0.39, 0.29) is 30.3 Å². The van der Waals surface area contributed by atoms with Crippen LogP contribution in [0.3, 0.4) is 0 Å². The Kier molecular flexibility index (Phi) is 8.70. The smallest absolute Gasteiger partial charge is 0.338 e. The van der Waals surface area contributed by atoms with E-state index in [1.54, 1.807) is 62.4 Å². The first-order chi connectivity index (χ1) is 20.2. The number of rotatable bonds is 8. The summed E-state index contributed by atoms with van der Waals surface area (Å²) >= 11 is 7.78. The monoisotopic (exact) mass is 601 g/mol. The van der Waals surface area contributed by atoms with E-state index in [2.05, 4.69) is 10.3 Å². The van der Waals surface area contributed by atoms with Gasteiger partial charge in [0, 0.05) is 10.7 Å². The Hall–Kier alpha value is -4.47. The van der Waals surface area contributed by atoms with E-state index < -0.39 is 12.0 Å². The molecule has 214 valence electrons. The summed E-state index contributed by atoms with van der Waals surface area (Å²) in [5.74, 6) is -0.293. The minimum Gasteiger partial charge on any atom is -0.484 e. The van der Waals surface area contributed by atoms with Gasteiger partial charge in [0.05, 0.1) is 22.4 Å². The fraction of sp³-hybridized carbons (Fsp3) is 0.188. The first kappa shape index (κ1) is 29.0. The zero-order valence-electron chi connectivity index (χ0n) is 23.2. The van der Waals surface area contributed by atoms with Gasteiger partial charge in [0.2, 0.25) is 0 Å². The number of amides is 1. The van der Waals surface area contributed by atoms with Gasteiger partial charge >= 0.3 is 5.97 Å². The highest BCUT2D eigenvalue weighted by atomic mass is 35.5. The van der Waals surface area contributed by atoms with Crippen LogP contribution in [-0.4, -0.2) is 29.7 Å². The van der Waals surface area contributed by atoms with Crippen LogP contribution >= 0.6 is 22.9 Å². The van der Waals surface area contributed by atoms with Gasteiger partial charge in [0.25, 0.3) is 11.5 Å². The Morgan fingerprint density at radius 3 is 2.55 bits per heavy atom. The number of nitrogens with zero attached hydrogens (tertiary/aromatic N) is 2. The average Bonchev–Trinajstić information content (AvgIpc) is 3.26. The molecule has 5 rings (SSSR count). The minimum atomic E-state index is -0.780. The molecule has 8 nitrogen and oxygen atoms in total. The summed E-state index contributed by atoms with van der Waals surface area (Å²) in [6.07, 6.45) is 1.76. The number of anilines is 1. The third-order valence-corrected chi connectivity index (χ3v) is 7.89. The summed E-state index contributed by atoms with van der Waals surface area (Å²) in [7, 11) is 0. The number of nitrogens with one attached hydrogen (secondary N) is 1. The van der Waals surface area contributed by atoms with E-state index >= 15 is 0 Å². The second-order valence-electron chi connectivity index (χ2n) is 9.60. The summed E-state index contributed by atoms with van der Waals surface area (Å²) in [6.45, 7) is 5.45. The van der Waals surface area contributed by atoms with Crippen molar-refractivity contribution in [3.05, 3.63) is 125 Å². The number of hydrogen-bond acceptors (Lipinski definition) is 7. The number of halogens is 1. The van der Waals surface area contributed by atoms with Gasteiger partial charge in [0.15, 0.2) is 11.4 Å². The molecule has 3 aromatic carbocycles. The third kappa shape index (κ3) is 6.22. The highest BCUT2D eigenvalue weighted by Crippen LogP contribution is 2.34. The summed E-state index contributed by atoms with van der Waals surface area (Å²) < 4.78 is 12.9. The van der Waals surface area contributed by atoms with Crippen LogP contribution in [0, 0.1) is 6.92 Å². The lowest BCUT2D eigenvalue weighted by Crippen LogP contribution is -2.40. The number of esters is 1. The molecule has 0 saturated heterocycles. The van der Waals surface area contributed by atoms with Crippen LogP contribution in [0.1, 0.15) is 36.6 Å². The molecular weight excluding hydrogens is 574 g/mol. The van der Waals surface area contributed by atoms with Crippen molar-refractivity contribution in [1.82, 2.24) is 4.57 Å². The van der Waals surface area contributed by atoms with E-state index in [1.165, 1.54) is 15.9 Å². The molecule has 1 aromatic heterocycles. The number of carbonyl (C=O) groups excluding carboxylic acids is 2. The normalized spacial score (nSPS) is 14.7. The maximum atomic E-state index is 13.8. The van der Waals surface area contributed by atoms with Crippen molar-refractivity contribution in [3.8, 4) is 5.75 Å². The number of hydrogen-bond donors (Lipinski definition) is 1. The van der Waals surface area contributed by atoms with Crippen LogP contribution in [0.5, 0.6) is 5.75 Å². The Balaban J connectivity index is 1.41. The van der Waals surface area contributed by atoms with Crippen molar-refractivity contribution in [1.29, 1.82) is 0 Å². The molecule has 1 amide bonds. The summed E-state index contributed by atoms with van der Waals surface area (Å²) in [4.78, 5) is 44.1. The van der Waals surface area contributed by atoms with E-state index in [0.29, 0.717) is 37.1 Å². The van der Waals surface area contributed by atoms with Gasteiger partial charge in [-0.15, -0.1) is 0 Å². The number of ether oxygens (including phenoxy) is 2. The summed E-state index contributed by atoms with van der Waals surface area (Å²) in [5, 5.41) is 3.24. The zero-order chi connectivity index (χ0) is 29.8. The predicted molar refractivity (Wildman–Crippen MR) is 164 cm³/mol. The molecule has 4 aromatic rings. The molecule has 0 saturated carbocycles. The summed E-state index contributed by atoms with van der Waals surface area (Å²) in [5.41, 5.74) is 3.57. The number of fused-ring (bicyclic) bond motifs is 1. The minimum absolute atomic E-state index is 0.143. The standard InChI is InChI=1S/C32H28ClN3O5S/c1-4-40-31(39)28-20(3)34-32-36(29(28)24-10-5-6-11-25(24)33)30(38)26(42-32)17-21-12-14-23(15-13-21)41-18-27(37)35-22-9-7-8-19(2)16-22/h5-17,29H,4,18H2,1-3H3,(H,35,37)/b26-17-/t29-/m1/s1. The van der Waals surface area contributed by atoms with Gasteiger partial charge in [-0.1, -0.05) is 65.4 Å². The lowest BCUT2D eigenvalue weighted by atomic mass is 9.96. The number of carbonyl (C=O) groups is 2. The van der Waals surface area contributed by atoms with Crippen molar-refractivity contribution >= 4 is 46.6 Å². The van der Waals surface area contributed by atoms with Gasteiger partial charge in [-0.25, -0.2) is 9.79 Å². The fourth-order valence-electron chi connectivity index (χ4n) is 4.66. The first-order valence-electron chi connectivity index (χ1n) is 13.3. The molecule has 1 aliphatic rings. The molecule has 0 radical (unpaired) electrons. The van der Waals surface area contributed by atoms with Gasteiger partial charge < -0.3 is 14.8 Å².